The molecule has 0 bridgehead atoms. The van der Waals surface area contributed by atoms with E-state index in [1.54, 1.807) is 25.1 Å². The number of aromatic nitrogens is 1. The van der Waals surface area contributed by atoms with Crippen LogP contribution in [0.1, 0.15) is 23.0 Å². The maximum absolute atomic E-state index is 12.2. The minimum Gasteiger partial charge on any atom is -0.494 e. The van der Waals surface area contributed by atoms with Crippen LogP contribution in [0, 0.1) is 6.92 Å². The van der Waals surface area contributed by atoms with Gasteiger partial charge in [-0.1, -0.05) is 6.07 Å². The van der Waals surface area contributed by atoms with E-state index < -0.39 is 0 Å². The molecule has 0 fully saturated rings. The van der Waals surface area contributed by atoms with E-state index in [4.69, 9.17) is 10.5 Å². The fourth-order valence-electron chi connectivity index (χ4n) is 1.81. The van der Waals surface area contributed by atoms with Crippen molar-refractivity contribution in [3.8, 4) is 5.75 Å². The molecule has 0 unspecified atom stereocenters. The van der Waals surface area contributed by atoms with Crippen molar-refractivity contribution < 1.29 is 9.53 Å². The van der Waals surface area contributed by atoms with Crippen LogP contribution in [0.3, 0.4) is 0 Å². The molecule has 5 heteroatoms. The van der Waals surface area contributed by atoms with E-state index in [2.05, 4.69) is 10.3 Å². The summed E-state index contributed by atoms with van der Waals surface area (Å²) in [5.41, 5.74) is 7.89. The summed E-state index contributed by atoms with van der Waals surface area (Å²) >= 11 is 0. The van der Waals surface area contributed by atoms with Gasteiger partial charge in [0.1, 0.15) is 5.75 Å². The zero-order valence-corrected chi connectivity index (χ0v) is 11.5. The monoisotopic (exact) mass is 271 g/mol. The van der Waals surface area contributed by atoms with Gasteiger partial charge in [0.2, 0.25) is 0 Å². The number of anilines is 2. The molecule has 2 rings (SSSR count). The lowest BCUT2D eigenvalue weighted by Crippen LogP contribution is -2.14. The number of ether oxygens (including phenoxy) is 1. The van der Waals surface area contributed by atoms with Crippen molar-refractivity contribution in [1.29, 1.82) is 0 Å². The smallest absolute Gasteiger partial charge is 0.257 e. The number of rotatable bonds is 4. The molecule has 0 spiro atoms. The summed E-state index contributed by atoms with van der Waals surface area (Å²) in [5.74, 6) is 0.476. The number of amides is 1. The van der Waals surface area contributed by atoms with Crippen molar-refractivity contribution in [2.75, 3.05) is 17.7 Å². The fraction of sp³-hybridized carbons (Fsp3) is 0.200. The Hall–Kier alpha value is -2.56. The Morgan fingerprint density at radius 3 is 2.95 bits per heavy atom. The summed E-state index contributed by atoms with van der Waals surface area (Å²) in [6.07, 6.45) is 1.53. The predicted octanol–water partition coefficient (Wildman–Crippen LogP) is 2.62. The maximum Gasteiger partial charge on any atom is 0.257 e. The Bertz CT molecular complexity index is 626. The van der Waals surface area contributed by atoms with Gasteiger partial charge in [0.25, 0.3) is 5.91 Å². The third kappa shape index (κ3) is 3.26. The highest BCUT2D eigenvalue weighted by atomic mass is 16.5. The Morgan fingerprint density at radius 2 is 2.20 bits per heavy atom. The van der Waals surface area contributed by atoms with E-state index in [1.165, 1.54) is 6.20 Å². The van der Waals surface area contributed by atoms with Crippen LogP contribution in [0.5, 0.6) is 5.75 Å². The first-order valence-corrected chi connectivity index (χ1v) is 6.36. The van der Waals surface area contributed by atoms with Crippen LogP contribution in [0.2, 0.25) is 0 Å². The number of nitrogens with zero attached hydrogens (tertiary/aromatic N) is 1. The summed E-state index contributed by atoms with van der Waals surface area (Å²) in [5, 5.41) is 2.81. The van der Waals surface area contributed by atoms with Gasteiger partial charge in [-0.15, -0.1) is 0 Å². The standard InChI is InChI=1S/C15H17N3O2/c1-3-20-13-6-4-5-12(8-13)18-15(19)14-7-11(16)9-17-10(14)2/h4-9H,3,16H2,1-2H3,(H,18,19). The molecular weight excluding hydrogens is 254 g/mol. The number of hydrogen-bond donors (Lipinski definition) is 2. The molecular formula is C15H17N3O2. The molecule has 1 amide bonds. The minimum absolute atomic E-state index is 0.240. The van der Waals surface area contributed by atoms with Gasteiger partial charge in [-0.3, -0.25) is 9.78 Å². The summed E-state index contributed by atoms with van der Waals surface area (Å²) in [6.45, 7) is 4.26. The normalized spacial score (nSPS) is 10.1. The van der Waals surface area contributed by atoms with Gasteiger partial charge in [0, 0.05) is 11.8 Å². The van der Waals surface area contributed by atoms with E-state index in [0.717, 1.165) is 0 Å². The molecule has 1 heterocycles. The zero-order chi connectivity index (χ0) is 14.5. The Labute approximate surface area is 117 Å². The van der Waals surface area contributed by atoms with Crippen LogP contribution in [0.25, 0.3) is 0 Å². The van der Waals surface area contributed by atoms with Crippen molar-refractivity contribution >= 4 is 17.3 Å². The van der Waals surface area contributed by atoms with Gasteiger partial charge < -0.3 is 15.8 Å². The van der Waals surface area contributed by atoms with Crippen LogP contribution in [-0.2, 0) is 0 Å². The van der Waals surface area contributed by atoms with Crippen LogP contribution in [0.4, 0.5) is 11.4 Å². The van der Waals surface area contributed by atoms with Crippen molar-refractivity contribution in [2.45, 2.75) is 13.8 Å². The molecule has 0 saturated heterocycles. The predicted molar refractivity (Wildman–Crippen MR) is 79.0 cm³/mol. The van der Waals surface area contributed by atoms with E-state index in [-0.39, 0.29) is 5.91 Å². The van der Waals surface area contributed by atoms with Crippen molar-refractivity contribution in [3.05, 3.63) is 47.8 Å². The summed E-state index contributed by atoms with van der Waals surface area (Å²) in [4.78, 5) is 16.3. The lowest BCUT2D eigenvalue weighted by atomic mass is 10.1. The number of nitrogens with one attached hydrogen (secondary N) is 1. The summed E-state index contributed by atoms with van der Waals surface area (Å²) in [6, 6.07) is 8.85. The number of benzene rings is 1. The highest BCUT2D eigenvalue weighted by Gasteiger charge is 2.11. The quantitative estimate of drug-likeness (QED) is 0.896. The van der Waals surface area contributed by atoms with E-state index in [9.17, 15) is 4.79 Å². The fourth-order valence-corrected chi connectivity index (χ4v) is 1.81. The molecule has 5 nitrogen and oxygen atoms in total. The largest absolute Gasteiger partial charge is 0.494 e. The number of hydrogen-bond acceptors (Lipinski definition) is 4. The van der Waals surface area contributed by atoms with Crippen molar-refractivity contribution in [3.63, 3.8) is 0 Å². The maximum atomic E-state index is 12.2. The number of carbonyl (C=O) groups is 1. The number of aryl methyl sites for hydroxylation is 1. The molecule has 20 heavy (non-hydrogen) atoms. The van der Waals surface area contributed by atoms with Crippen LogP contribution < -0.4 is 15.8 Å². The molecule has 0 saturated carbocycles. The van der Waals surface area contributed by atoms with Gasteiger partial charge >= 0.3 is 0 Å². The Kier molecular flexibility index (Phi) is 4.20. The first-order chi connectivity index (χ1) is 9.60. The molecule has 0 atom stereocenters. The van der Waals surface area contributed by atoms with Gasteiger partial charge in [-0.2, -0.15) is 0 Å². The van der Waals surface area contributed by atoms with Crippen LogP contribution >= 0.6 is 0 Å². The average Bonchev–Trinajstić information content (AvgIpc) is 2.42. The Morgan fingerprint density at radius 1 is 1.40 bits per heavy atom. The van der Waals surface area contributed by atoms with Crippen molar-refractivity contribution in [2.24, 2.45) is 0 Å². The molecule has 0 aliphatic carbocycles. The van der Waals surface area contributed by atoms with E-state index >= 15 is 0 Å². The second-order valence-corrected chi connectivity index (χ2v) is 4.32. The van der Waals surface area contributed by atoms with Gasteiger partial charge in [0.15, 0.2) is 0 Å². The summed E-state index contributed by atoms with van der Waals surface area (Å²) in [7, 11) is 0. The summed E-state index contributed by atoms with van der Waals surface area (Å²) < 4.78 is 5.39. The third-order valence-corrected chi connectivity index (χ3v) is 2.76. The number of carbonyl (C=O) groups excluding carboxylic acids is 1. The molecule has 1 aromatic heterocycles. The lowest BCUT2D eigenvalue weighted by Gasteiger charge is -2.09. The SMILES string of the molecule is CCOc1cccc(NC(=O)c2cc(N)cnc2C)c1. The molecule has 104 valence electrons. The lowest BCUT2D eigenvalue weighted by molar-refractivity contribution is 0.102. The second kappa shape index (κ2) is 6.06. The van der Waals surface area contributed by atoms with Gasteiger partial charge in [-0.05, 0) is 32.0 Å². The van der Waals surface area contributed by atoms with Crippen LogP contribution in [0.15, 0.2) is 36.5 Å². The average molecular weight is 271 g/mol. The van der Waals surface area contributed by atoms with Crippen LogP contribution in [-0.4, -0.2) is 17.5 Å². The molecule has 0 radical (unpaired) electrons. The highest BCUT2D eigenvalue weighted by molar-refractivity contribution is 6.05. The molecule has 2 aromatic rings. The topological polar surface area (TPSA) is 77.2 Å². The first kappa shape index (κ1) is 13.9. The highest BCUT2D eigenvalue weighted by Crippen LogP contribution is 2.19. The third-order valence-electron chi connectivity index (χ3n) is 2.76. The zero-order valence-electron chi connectivity index (χ0n) is 11.5. The van der Waals surface area contributed by atoms with Gasteiger partial charge in [-0.25, -0.2) is 0 Å². The molecule has 0 aliphatic heterocycles. The van der Waals surface area contributed by atoms with Gasteiger partial charge in [0.05, 0.1) is 29.7 Å². The number of nitrogen functional groups attached to an aromatic ring is 1. The second-order valence-electron chi connectivity index (χ2n) is 4.32. The molecule has 0 aliphatic rings. The minimum atomic E-state index is -0.240. The van der Waals surface area contributed by atoms with E-state index in [1.807, 2.05) is 19.1 Å². The number of pyridine rings is 1. The number of nitrogens with two attached hydrogens (primary N) is 1. The van der Waals surface area contributed by atoms with E-state index in [0.29, 0.717) is 35.0 Å². The van der Waals surface area contributed by atoms with Crippen molar-refractivity contribution in [1.82, 2.24) is 4.98 Å². The molecule has 3 N–H and O–H groups in total. The first-order valence-electron chi connectivity index (χ1n) is 6.36. The molecule has 1 aromatic carbocycles. The Balaban J connectivity index is 2.19.